The maximum Gasteiger partial charge on any atom is 0.261 e. The number of aromatic hydroxyl groups is 1. The van der Waals surface area contributed by atoms with E-state index in [0.717, 1.165) is 4.90 Å². The Bertz CT molecular complexity index is 1600. The largest absolute Gasteiger partial charge is 0.511 e. The van der Waals surface area contributed by atoms with Gasteiger partial charge in [0.25, 0.3) is 17.7 Å². The molecule has 198 valence electrons. The number of rotatable bonds is 3. The summed E-state index contributed by atoms with van der Waals surface area (Å²) >= 11 is 0. The van der Waals surface area contributed by atoms with Gasteiger partial charge in [-0.25, -0.2) is 0 Å². The first kappa shape index (κ1) is 24.6. The van der Waals surface area contributed by atoms with Gasteiger partial charge >= 0.3 is 0 Å². The van der Waals surface area contributed by atoms with Crippen LogP contribution >= 0.6 is 0 Å². The molecule has 3 amide bonds. The number of aliphatic hydroxyl groups excluding tert-OH is 2. The van der Waals surface area contributed by atoms with Crippen LogP contribution in [-0.2, 0) is 22.6 Å². The topological polar surface area (TPSA) is 196 Å². The number of nitrogens with zero attached hydrogens (tertiary/aromatic N) is 1. The average Bonchev–Trinajstić information content (AvgIpc) is 3.12. The number of nitrogens with two attached hydrogens (primary N) is 1. The van der Waals surface area contributed by atoms with Crippen LogP contribution in [0.15, 0.2) is 59.1 Å². The fourth-order valence-corrected chi connectivity index (χ4v) is 6.32. The van der Waals surface area contributed by atoms with Gasteiger partial charge in [-0.15, -0.1) is 0 Å². The van der Waals surface area contributed by atoms with Crippen molar-refractivity contribution in [2.75, 3.05) is 0 Å². The molecule has 39 heavy (non-hydrogen) atoms. The molecule has 1 heterocycles. The first-order valence-electron chi connectivity index (χ1n) is 12.2. The van der Waals surface area contributed by atoms with E-state index >= 15 is 0 Å². The number of Topliss-reactive ketones (excluding diaryl/α,β-unsaturated/α-hetero) is 2. The molecule has 3 aliphatic carbocycles. The van der Waals surface area contributed by atoms with Crippen LogP contribution in [0.2, 0.25) is 0 Å². The third-order valence-electron chi connectivity index (χ3n) is 8.22. The molecule has 6 rings (SSSR count). The highest BCUT2D eigenvalue weighted by Crippen LogP contribution is 2.51. The normalized spacial score (nSPS) is 25.9. The average molecular weight is 530 g/mol. The number of aliphatic hydroxyl groups is 3. The monoisotopic (exact) mass is 530 g/mol. The number of carbonyl (C=O) groups excluding carboxylic acids is 5. The molecular formula is C28H22N2O9. The predicted molar refractivity (Wildman–Crippen MR) is 131 cm³/mol. The Morgan fingerprint density at radius 3 is 2.23 bits per heavy atom. The summed E-state index contributed by atoms with van der Waals surface area (Å²) in [5, 5.41) is 43.8. The number of phenols is 1. The molecular weight excluding hydrogens is 508 g/mol. The van der Waals surface area contributed by atoms with Gasteiger partial charge in [-0.2, -0.15) is 0 Å². The van der Waals surface area contributed by atoms with E-state index in [9.17, 15) is 44.4 Å². The number of allylic oxidation sites excluding steroid dienone is 2. The lowest BCUT2D eigenvalue weighted by Gasteiger charge is -2.45. The number of imide groups is 1. The summed E-state index contributed by atoms with van der Waals surface area (Å²) in [5.41, 5.74) is 2.26. The second-order valence-electron chi connectivity index (χ2n) is 10.3. The third kappa shape index (κ3) is 3.16. The molecule has 4 aliphatic rings. The van der Waals surface area contributed by atoms with E-state index in [1.54, 1.807) is 18.2 Å². The van der Waals surface area contributed by atoms with Gasteiger partial charge in [0.05, 0.1) is 23.2 Å². The lowest BCUT2D eigenvalue weighted by atomic mass is 9.60. The maximum absolute atomic E-state index is 13.7. The van der Waals surface area contributed by atoms with E-state index in [0.29, 0.717) is 5.56 Å². The predicted octanol–water partition coefficient (Wildman–Crippen LogP) is 1.38. The highest BCUT2D eigenvalue weighted by molar-refractivity contribution is 6.24. The molecule has 2 aromatic rings. The molecule has 0 saturated heterocycles. The summed E-state index contributed by atoms with van der Waals surface area (Å²) in [7, 11) is 0. The molecule has 0 spiro atoms. The van der Waals surface area contributed by atoms with Gasteiger partial charge < -0.3 is 26.2 Å². The molecule has 0 aromatic heterocycles. The van der Waals surface area contributed by atoms with Crippen LogP contribution in [0.4, 0.5) is 0 Å². The highest BCUT2D eigenvalue weighted by Gasteiger charge is 2.59. The van der Waals surface area contributed by atoms with Crippen LogP contribution < -0.4 is 5.73 Å². The zero-order chi connectivity index (χ0) is 28.0. The highest BCUT2D eigenvalue weighted by atomic mass is 16.3. The number of primary amides is 1. The number of amides is 3. The number of carbonyl (C=O) groups is 5. The van der Waals surface area contributed by atoms with Crippen molar-refractivity contribution in [2.24, 2.45) is 17.6 Å². The number of hydrogen-bond donors (Lipinski definition) is 5. The van der Waals surface area contributed by atoms with E-state index in [1.807, 2.05) is 0 Å². The van der Waals surface area contributed by atoms with Crippen molar-refractivity contribution in [3.8, 4) is 5.75 Å². The van der Waals surface area contributed by atoms with Crippen LogP contribution in [0, 0.1) is 11.8 Å². The Morgan fingerprint density at radius 2 is 1.62 bits per heavy atom. The second-order valence-corrected chi connectivity index (χ2v) is 10.3. The lowest BCUT2D eigenvalue weighted by Crippen LogP contribution is -2.57. The zero-order valence-corrected chi connectivity index (χ0v) is 20.3. The number of ketones is 2. The smallest absolute Gasteiger partial charge is 0.261 e. The molecule has 1 aliphatic heterocycles. The Kier molecular flexibility index (Phi) is 5.11. The van der Waals surface area contributed by atoms with Crippen molar-refractivity contribution in [2.45, 2.75) is 31.4 Å². The quantitative estimate of drug-likeness (QED) is 0.288. The first-order valence-corrected chi connectivity index (χ1v) is 12.2. The van der Waals surface area contributed by atoms with Gasteiger partial charge in [-0.05, 0) is 36.5 Å². The summed E-state index contributed by atoms with van der Waals surface area (Å²) in [6.07, 6.45) is -0.115. The molecule has 0 bridgehead atoms. The summed E-state index contributed by atoms with van der Waals surface area (Å²) in [6.45, 7) is -0.316. The fourth-order valence-electron chi connectivity index (χ4n) is 6.32. The van der Waals surface area contributed by atoms with Crippen LogP contribution in [0.25, 0.3) is 0 Å². The minimum absolute atomic E-state index is 0.0282. The van der Waals surface area contributed by atoms with E-state index < -0.39 is 69.6 Å². The summed E-state index contributed by atoms with van der Waals surface area (Å²) in [4.78, 5) is 65.1. The lowest BCUT2D eigenvalue weighted by molar-refractivity contribution is -0.144. The molecule has 11 heteroatoms. The van der Waals surface area contributed by atoms with Crippen molar-refractivity contribution in [3.05, 3.63) is 86.9 Å². The maximum atomic E-state index is 13.7. The molecule has 11 nitrogen and oxygen atoms in total. The Hall–Kier alpha value is -4.77. The molecule has 3 atom stereocenters. The molecule has 2 aromatic carbocycles. The number of benzene rings is 2. The van der Waals surface area contributed by atoms with Crippen LogP contribution in [0.3, 0.4) is 0 Å². The van der Waals surface area contributed by atoms with E-state index in [-0.39, 0.29) is 53.6 Å². The fraction of sp³-hybridized carbons (Fsp3) is 0.250. The van der Waals surface area contributed by atoms with E-state index in [1.165, 1.54) is 18.2 Å². The molecule has 6 N–H and O–H groups in total. The second kappa shape index (κ2) is 8.11. The summed E-state index contributed by atoms with van der Waals surface area (Å²) < 4.78 is 0. The summed E-state index contributed by atoms with van der Waals surface area (Å²) in [6, 6.07) is 9.39. The van der Waals surface area contributed by atoms with Gasteiger partial charge in [-0.1, -0.05) is 24.3 Å². The molecule has 0 radical (unpaired) electrons. The third-order valence-corrected chi connectivity index (χ3v) is 8.22. The molecule has 0 fully saturated rings. The Morgan fingerprint density at radius 1 is 0.974 bits per heavy atom. The SMILES string of the molecule is NC(=O)C1=C(O)CC2CC3Cc4ccc(CN5C(=O)c6ccccc6C5=O)c(O)c4C(=O)C3=C(O)C2(O)C1=O. The van der Waals surface area contributed by atoms with Gasteiger partial charge in [0.1, 0.15) is 22.8 Å². The minimum atomic E-state index is -2.65. The number of phenolic OH excluding ortho intramolecular Hbond substituents is 1. The minimum Gasteiger partial charge on any atom is -0.511 e. The van der Waals surface area contributed by atoms with Gasteiger partial charge in [0, 0.05) is 23.5 Å². The van der Waals surface area contributed by atoms with Crippen molar-refractivity contribution < 1.29 is 44.4 Å². The van der Waals surface area contributed by atoms with Crippen LogP contribution in [0.5, 0.6) is 5.75 Å². The Balaban J connectivity index is 1.39. The van der Waals surface area contributed by atoms with Crippen molar-refractivity contribution in [1.29, 1.82) is 0 Å². The van der Waals surface area contributed by atoms with Gasteiger partial charge in [0.15, 0.2) is 11.4 Å². The molecule has 3 unspecified atom stereocenters. The van der Waals surface area contributed by atoms with E-state index in [4.69, 9.17) is 5.73 Å². The van der Waals surface area contributed by atoms with Gasteiger partial charge in [-0.3, -0.25) is 28.9 Å². The van der Waals surface area contributed by atoms with Crippen LogP contribution in [0.1, 0.15) is 55.0 Å². The zero-order valence-electron chi connectivity index (χ0n) is 20.3. The van der Waals surface area contributed by atoms with Crippen molar-refractivity contribution in [1.82, 2.24) is 4.90 Å². The standard InChI is InChI=1S/C28H22N2O9/c29-25(36)20-17(31)9-14-8-13-7-11-5-6-12(10-30-26(37)15-3-1-2-4-16(15)27(30)38)21(32)18(11)22(33)19(13)23(34)28(14,39)24(20)35/h1-6,13-14,31-32,34,39H,7-10H2,(H2,29,36). The van der Waals surface area contributed by atoms with E-state index in [2.05, 4.69) is 0 Å². The van der Waals surface area contributed by atoms with Crippen LogP contribution in [-0.4, -0.2) is 60.2 Å². The van der Waals surface area contributed by atoms with Crippen molar-refractivity contribution >= 4 is 29.3 Å². The van der Waals surface area contributed by atoms with Gasteiger partial charge in [0.2, 0.25) is 5.78 Å². The number of hydrogen-bond acceptors (Lipinski definition) is 9. The number of fused-ring (bicyclic) bond motifs is 4. The summed E-state index contributed by atoms with van der Waals surface area (Å²) in [5.74, 6) is -8.18. The first-order chi connectivity index (χ1) is 18.5. The Labute approximate surface area is 220 Å². The molecule has 0 saturated carbocycles. The van der Waals surface area contributed by atoms with Crippen molar-refractivity contribution in [3.63, 3.8) is 0 Å².